The summed E-state index contributed by atoms with van der Waals surface area (Å²) in [6, 6.07) is 14.6. The summed E-state index contributed by atoms with van der Waals surface area (Å²) in [5, 5.41) is 12.3. The molecule has 8 nitrogen and oxygen atoms in total. The molecule has 1 unspecified atom stereocenters. The van der Waals surface area contributed by atoms with Gasteiger partial charge in [0.05, 0.1) is 23.3 Å². The number of rotatable bonds is 8. The first-order valence-corrected chi connectivity index (χ1v) is 11.7. The van der Waals surface area contributed by atoms with Crippen LogP contribution in [0.2, 0.25) is 0 Å². The van der Waals surface area contributed by atoms with Crippen LogP contribution in [0.4, 0.5) is 5.69 Å². The van der Waals surface area contributed by atoms with Crippen LogP contribution in [0.15, 0.2) is 58.5 Å². The third-order valence-corrected chi connectivity index (χ3v) is 6.44. The molecule has 1 atom stereocenters. The smallest absolute Gasteiger partial charge is 0.262 e. The quantitative estimate of drug-likeness (QED) is 0.392. The molecule has 0 aliphatic rings. The molecule has 0 aliphatic carbocycles. The predicted octanol–water partition coefficient (Wildman–Crippen LogP) is 4.22. The first-order valence-electron chi connectivity index (χ1n) is 10.9. The number of carbonyl (C=O) groups is 1. The molecule has 2 aromatic carbocycles. The van der Waals surface area contributed by atoms with Gasteiger partial charge in [0, 0.05) is 18.3 Å². The van der Waals surface area contributed by atoms with E-state index >= 15 is 0 Å². The molecule has 0 saturated heterocycles. The van der Waals surface area contributed by atoms with E-state index in [4.69, 9.17) is 4.74 Å². The summed E-state index contributed by atoms with van der Waals surface area (Å²) in [7, 11) is 1.58. The fourth-order valence-corrected chi connectivity index (χ4v) is 4.41. The van der Waals surface area contributed by atoms with Crippen molar-refractivity contribution in [2.75, 3.05) is 12.4 Å². The molecule has 172 valence electrons. The van der Waals surface area contributed by atoms with Crippen LogP contribution in [-0.2, 0) is 11.3 Å². The molecule has 33 heavy (non-hydrogen) atoms. The standard InChI is InChI=1S/C24H27N5O3S/c1-15(2)12-13-28-22(31)19-10-5-6-11-20(19)29-23(28)26-27-24(29)33-16(3)21(30)25-17-8-7-9-18(14-17)32-4/h5-11,14-16H,12-13H2,1-4H3,(H,25,30). The molecule has 9 heteroatoms. The Kier molecular flexibility index (Phi) is 6.69. The Morgan fingerprint density at radius 2 is 1.91 bits per heavy atom. The number of carbonyl (C=O) groups excluding carboxylic acids is 1. The molecule has 0 radical (unpaired) electrons. The number of nitrogens with zero attached hydrogens (tertiary/aromatic N) is 4. The van der Waals surface area contributed by atoms with Gasteiger partial charge in [-0.2, -0.15) is 0 Å². The molecular formula is C24H27N5O3S. The monoisotopic (exact) mass is 465 g/mol. The zero-order chi connectivity index (χ0) is 23.5. The molecule has 2 heterocycles. The number of aromatic nitrogens is 4. The average Bonchev–Trinajstić information content (AvgIpc) is 3.22. The van der Waals surface area contributed by atoms with Crippen molar-refractivity contribution in [3.8, 4) is 5.75 Å². The van der Waals surface area contributed by atoms with Crippen LogP contribution in [0, 0.1) is 5.92 Å². The number of hydrogen-bond acceptors (Lipinski definition) is 6. The fraction of sp³-hybridized carbons (Fsp3) is 0.333. The van der Waals surface area contributed by atoms with E-state index in [1.807, 2.05) is 53.8 Å². The van der Waals surface area contributed by atoms with Gasteiger partial charge in [-0.25, -0.2) is 0 Å². The molecule has 4 aromatic rings. The molecule has 0 fully saturated rings. The lowest BCUT2D eigenvalue weighted by Gasteiger charge is -2.14. The second kappa shape index (κ2) is 9.66. The van der Waals surface area contributed by atoms with E-state index in [-0.39, 0.29) is 11.5 Å². The van der Waals surface area contributed by atoms with Crippen molar-refractivity contribution in [3.63, 3.8) is 0 Å². The normalized spacial score (nSPS) is 12.4. The maximum absolute atomic E-state index is 13.2. The van der Waals surface area contributed by atoms with Crippen LogP contribution in [0.5, 0.6) is 5.75 Å². The van der Waals surface area contributed by atoms with E-state index in [9.17, 15) is 9.59 Å². The number of nitrogens with one attached hydrogen (secondary N) is 1. The first kappa shape index (κ1) is 22.8. The van der Waals surface area contributed by atoms with E-state index in [1.54, 1.807) is 17.7 Å². The van der Waals surface area contributed by atoms with Gasteiger partial charge in [-0.05, 0) is 43.5 Å². The van der Waals surface area contributed by atoms with Crippen molar-refractivity contribution >= 4 is 40.0 Å². The summed E-state index contributed by atoms with van der Waals surface area (Å²) in [5.74, 6) is 1.44. The maximum Gasteiger partial charge on any atom is 0.262 e. The lowest BCUT2D eigenvalue weighted by Crippen LogP contribution is -2.25. The number of hydrogen-bond donors (Lipinski definition) is 1. The van der Waals surface area contributed by atoms with Gasteiger partial charge < -0.3 is 10.1 Å². The number of fused-ring (bicyclic) bond motifs is 3. The van der Waals surface area contributed by atoms with Crippen molar-refractivity contribution in [2.24, 2.45) is 5.92 Å². The third-order valence-electron chi connectivity index (χ3n) is 5.40. The summed E-state index contributed by atoms with van der Waals surface area (Å²) in [6.45, 7) is 6.62. The van der Waals surface area contributed by atoms with Crippen LogP contribution in [0.3, 0.4) is 0 Å². The number of benzene rings is 2. The molecule has 0 bridgehead atoms. The maximum atomic E-state index is 13.2. The Labute approximate surface area is 196 Å². The second-order valence-electron chi connectivity index (χ2n) is 8.26. The van der Waals surface area contributed by atoms with E-state index < -0.39 is 5.25 Å². The summed E-state index contributed by atoms with van der Waals surface area (Å²) < 4.78 is 8.77. The molecule has 0 aliphatic heterocycles. The SMILES string of the molecule is COc1cccc(NC(=O)C(C)Sc2nnc3n(CCC(C)C)c(=O)c4ccccc4n23)c1. The van der Waals surface area contributed by atoms with Gasteiger partial charge in [0.2, 0.25) is 11.7 Å². The summed E-state index contributed by atoms with van der Waals surface area (Å²) in [6.07, 6.45) is 0.850. The lowest BCUT2D eigenvalue weighted by molar-refractivity contribution is -0.115. The highest BCUT2D eigenvalue weighted by atomic mass is 32.2. The molecule has 1 N–H and O–H groups in total. The van der Waals surface area contributed by atoms with Crippen molar-refractivity contribution < 1.29 is 9.53 Å². The van der Waals surface area contributed by atoms with Crippen LogP contribution >= 0.6 is 11.8 Å². The van der Waals surface area contributed by atoms with E-state index in [0.717, 1.165) is 11.9 Å². The van der Waals surface area contributed by atoms with E-state index in [0.29, 0.717) is 40.2 Å². The fourth-order valence-electron chi connectivity index (χ4n) is 3.56. The van der Waals surface area contributed by atoms with Crippen molar-refractivity contribution in [3.05, 3.63) is 58.9 Å². The number of methoxy groups -OCH3 is 1. The molecule has 0 spiro atoms. The molecule has 0 saturated carbocycles. The highest BCUT2D eigenvalue weighted by Gasteiger charge is 2.22. The highest BCUT2D eigenvalue weighted by Crippen LogP contribution is 2.26. The molecule has 1 amide bonds. The average molecular weight is 466 g/mol. The van der Waals surface area contributed by atoms with E-state index in [2.05, 4.69) is 29.4 Å². The van der Waals surface area contributed by atoms with Gasteiger partial charge in [-0.1, -0.05) is 43.8 Å². The number of ether oxygens (including phenoxy) is 1. The summed E-state index contributed by atoms with van der Waals surface area (Å²) in [5.41, 5.74) is 1.31. The van der Waals surface area contributed by atoms with Crippen molar-refractivity contribution in [1.29, 1.82) is 0 Å². The first-order chi connectivity index (χ1) is 15.9. The number of para-hydroxylation sites is 1. The Balaban J connectivity index is 1.68. The number of anilines is 1. The zero-order valence-electron chi connectivity index (χ0n) is 19.1. The van der Waals surface area contributed by atoms with Crippen LogP contribution in [0.25, 0.3) is 16.7 Å². The molecular weight excluding hydrogens is 438 g/mol. The van der Waals surface area contributed by atoms with Gasteiger partial charge in [-0.3, -0.25) is 18.6 Å². The molecule has 4 rings (SSSR count). The zero-order valence-corrected chi connectivity index (χ0v) is 19.9. The van der Waals surface area contributed by atoms with Gasteiger partial charge >= 0.3 is 0 Å². The lowest BCUT2D eigenvalue weighted by atomic mass is 10.1. The highest BCUT2D eigenvalue weighted by molar-refractivity contribution is 8.00. The third kappa shape index (κ3) is 4.73. The van der Waals surface area contributed by atoms with Crippen LogP contribution < -0.4 is 15.6 Å². The Bertz CT molecular complexity index is 1360. The van der Waals surface area contributed by atoms with E-state index in [1.165, 1.54) is 11.8 Å². The minimum Gasteiger partial charge on any atom is -0.497 e. The van der Waals surface area contributed by atoms with Crippen LogP contribution in [-0.4, -0.2) is 37.4 Å². The van der Waals surface area contributed by atoms with Gasteiger partial charge in [0.25, 0.3) is 5.56 Å². The van der Waals surface area contributed by atoms with Gasteiger partial charge in [0.1, 0.15) is 5.75 Å². The Morgan fingerprint density at radius 3 is 2.67 bits per heavy atom. The summed E-state index contributed by atoms with van der Waals surface area (Å²) in [4.78, 5) is 26.0. The number of amides is 1. The van der Waals surface area contributed by atoms with Gasteiger partial charge in [-0.15, -0.1) is 10.2 Å². The predicted molar refractivity (Wildman–Crippen MR) is 131 cm³/mol. The molecule has 2 aromatic heterocycles. The minimum atomic E-state index is -0.446. The summed E-state index contributed by atoms with van der Waals surface area (Å²) >= 11 is 1.30. The van der Waals surface area contributed by atoms with Crippen molar-refractivity contribution in [1.82, 2.24) is 19.2 Å². The number of thioether (sulfide) groups is 1. The van der Waals surface area contributed by atoms with Gasteiger partial charge in [0.15, 0.2) is 5.16 Å². The number of aryl methyl sites for hydroxylation is 1. The Morgan fingerprint density at radius 1 is 1.12 bits per heavy atom. The largest absolute Gasteiger partial charge is 0.497 e. The topological polar surface area (TPSA) is 90.5 Å². The Hall–Kier alpha value is -3.33. The minimum absolute atomic E-state index is 0.0773. The second-order valence-corrected chi connectivity index (χ2v) is 9.56. The van der Waals surface area contributed by atoms with Crippen LogP contribution in [0.1, 0.15) is 27.2 Å². The van der Waals surface area contributed by atoms with Crippen molar-refractivity contribution in [2.45, 2.75) is 44.1 Å².